The van der Waals surface area contributed by atoms with E-state index in [1.54, 1.807) is 12.1 Å². The Hall–Kier alpha value is -3.83. The van der Waals surface area contributed by atoms with Crippen molar-refractivity contribution in [3.05, 3.63) is 59.2 Å². The summed E-state index contributed by atoms with van der Waals surface area (Å²) in [6.45, 7) is 4.45. The molecule has 0 aliphatic carbocycles. The van der Waals surface area contributed by atoms with Gasteiger partial charge in [0.2, 0.25) is 0 Å². The second-order valence-corrected chi connectivity index (χ2v) is 7.28. The van der Waals surface area contributed by atoms with Gasteiger partial charge in [-0.1, -0.05) is 38.1 Å². The molecule has 8 nitrogen and oxygen atoms in total. The van der Waals surface area contributed by atoms with E-state index < -0.39 is 11.9 Å². The van der Waals surface area contributed by atoms with Crippen molar-refractivity contribution in [2.75, 3.05) is 34.0 Å². The Bertz CT molecular complexity index is 1040. The Kier molecular flexibility index (Phi) is 9.93. The normalized spacial score (nSPS) is 11.0. The van der Waals surface area contributed by atoms with E-state index in [9.17, 15) is 14.9 Å². The first kappa shape index (κ1) is 25.4. The summed E-state index contributed by atoms with van der Waals surface area (Å²) in [7, 11) is 2.95. The van der Waals surface area contributed by atoms with Crippen LogP contribution in [-0.4, -0.2) is 45.9 Å². The second-order valence-electron chi connectivity index (χ2n) is 7.28. The maximum Gasteiger partial charge on any atom is 0.349 e. The van der Waals surface area contributed by atoms with E-state index in [4.69, 9.17) is 18.9 Å². The lowest BCUT2D eigenvalue weighted by Gasteiger charge is -2.14. The molecule has 8 heteroatoms. The highest BCUT2D eigenvalue weighted by Crippen LogP contribution is 2.30. The van der Waals surface area contributed by atoms with Crippen molar-refractivity contribution in [3.63, 3.8) is 0 Å². The molecule has 0 radical (unpaired) electrons. The standard InChI is InChI=1S/C25H28N2O6/c1-17(2)20-7-5-6-8-21(20)32-16-24(28)33-22-10-9-18(14-23(22)31-4)13-19(15-26)25(29)27-11-12-30-3/h5-10,13-14,17H,11-12,16H2,1-4H3,(H,27,29)/b19-13+. The SMILES string of the molecule is COCCNC(=O)/C(C#N)=C/c1ccc(OC(=O)COc2ccccc2C(C)C)c(OC)c1. The van der Waals surface area contributed by atoms with Gasteiger partial charge in [-0.2, -0.15) is 5.26 Å². The number of ether oxygens (including phenoxy) is 4. The zero-order valence-corrected chi connectivity index (χ0v) is 19.2. The van der Waals surface area contributed by atoms with Crippen LogP contribution < -0.4 is 19.5 Å². The van der Waals surface area contributed by atoms with Crippen LogP contribution in [0, 0.1) is 11.3 Å². The maximum absolute atomic E-state index is 12.3. The third-order valence-electron chi connectivity index (χ3n) is 4.57. The smallest absolute Gasteiger partial charge is 0.349 e. The lowest BCUT2D eigenvalue weighted by atomic mass is 10.0. The van der Waals surface area contributed by atoms with Gasteiger partial charge in [0.1, 0.15) is 17.4 Å². The topological polar surface area (TPSA) is 107 Å². The summed E-state index contributed by atoms with van der Waals surface area (Å²) >= 11 is 0. The van der Waals surface area contributed by atoms with E-state index in [1.165, 1.54) is 26.4 Å². The minimum absolute atomic E-state index is 0.0740. The molecule has 33 heavy (non-hydrogen) atoms. The second kappa shape index (κ2) is 12.9. The largest absolute Gasteiger partial charge is 0.493 e. The van der Waals surface area contributed by atoms with E-state index in [-0.39, 0.29) is 36.1 Å². The number of nitriles is 1. The molecular formula is C25H28N2O6. The van der Waals surface area contributed by atoms with Crippen molar-refractivity contribution >= 4 is 18.0 Å². The third kappa shape index (κ3) is 7.66. The number of hydrogen-bond acceptors (Lipinski definition) is 7. The van der Waals surface area contributed by atoms with Crippen LogP contribution >= 0.6 is 0 Å². The van der Waals surface area contributed by atoms with Crippen LogP contribution in [0.1, 0.15) is 30.9 Å². The minimum Gasteiger partial charge on any atom is -0.493 e. The van der Waals surface area contributed by atoms with Crippen molar-refractivity contribution in [2.24, 2.45) is 0 Å². The van der Waals surface area contributed by atoms with Crippen LogP contribution in [0.3, 0.4) is 0 Å². The Morgan fingerprint density at radius 1 is 1.09 bits per heavy atom. The van der Waals surface area contributed by atoms with Crippen molar-refractivity contribution in [1.29, 1.82) is 5.26 Å². The fourth-order valence-corrected chi connectivity index (χ4v) is 2.91. The fourth-order valence-electron chi connectivity index (χ4n) is 2.91. The van der Waals surface area contributed by atoms with Gasteiger partial charge in [-0.15, -0.1) is 0 Å². The molecule has 0 unspecified atom stereocenters. The van der Waals surface area contributed by atoms with Crippen LogP contribution in [0.15, 0.2) is 48.0 Å². The number of carbonyl (C=O) groups is 2. The number of amides is 1. The Labute approximate surface area is 193 Å². The maximum atomic E-state index is 12.3. The van der Waals surface area contributed by atoms with Gasteiger partial charge in [-0.3, -0.25) is 4.79 Å². The Morgan fingerprint density at radius 2 is 1.85 bits per heavy atom. The third-order valence-corrected chi connectivity index (χ3v) is 4.57. The van der Waals surface area contributed by atoms with Crippen molar-refractivity contribution in [2.45, 2.75) is 19.8 Å². The first-order valence-corrected chi connectivity index (χ1v) is 10.4. The molecule has 0 saturated heterocycles. The van der Waals surface area contributed by atoms with Crippen LogP contribution in [0.25, 0.3) is 6.08 Å². The monoisotopic (exact) mass is 452 g/mol. The van der Waals surface area contributed by atoms with Crippen molar-refractivity contribution < 1.29 is 28.5 Å². The highest BCUT2D eigenvalue weighted by Gasteiger charge is 2.14. The molecule has 2 rings (SSSR count). The summed E-state index contributed by atoms with van der Waals surface area (Å²) < 4.78 is 21.2. The summed E-state index contributed by atoms with van der Waals surface area (Å²) in [5.41, 5.74) is 1.46. The van der Waals surface area contributed by atoms with Gasteiger partial charge < -0.3 is 24.3 Å². The number of rotatable bonds is 11. The molecule has 0 aromatic heterocycles. The predicted octanol–water partition coefficient (Wildman–Crippen LogP) is 3.47. The number of esters is 1. The number of carbonyl (C=O) groups excluding carboxylic acids is 2. The van der Waals surface area contributed by atoms with Crippen LogP contribution in [0.5, 0.6) is 17.2 Å². The van der Waals surface area contributed by atoms with Gasteiger partial charge in [0, 0.05) is 13.7 Å². The summed E-state index contributed by atoms with van der Waals surface area (Å²) in [5.74, 6) is 0.247. The molecule has 0 saturated carbocycles. The van der Waals surface area contributed by atoms with E-state index in [2.05, 4.69) is 5.32 Å². The molecule has 2 aromatic carbocycles. The quantitative estimate of drug-likeness (QED) is 0.183. The van der Waals surface area contributed by atoms with Gasteiger partial charge in [-0.25, -0.2) is 4.79 Å². The number of methoxy groups -OCH3 is 2. The number of nitrogens with zero attached hydrogens (tertiary/aromatic N) is 1. The average molecular weight is 453 g/mol. The Morgan fingerprint density at radius 3 is 2.52 bits per heavy atom. The summed E-state index contributed by atoms with van der Waals surface area (Å²) in [6, 6.07) is 14.1. The van der Waals surface area contributed by atoms with Crippen molar-refractivity contribution in [3.8, 4) is 23.3 Å². The number of nitrogens with one attached hydrogen (secondary N) is 1. The minimum atomic E-state index is -0.592. The van der Waals surface area contributed by atoms with Gasteiger partial charge >= 0.3 is 5.97 Å². The summed E-state index contributed by atoms with van der Waals surface area (Å²) in [5, 5.41) is 11.9. The highest BCUT2D eigenvalue weighted by atomic mass is 16.6. The van der Waals surface area contributed by atoms with Gasteiger partial charge in [0.05, 0.1) is 13.7 Å². The van der Waals surface area contributed by atoms with Gasteiger partial charge in [-0.05, 0) is 41.3 Å². The highest BCUT2D eigenvalue weighted by molar-refractivity contribution is 6.01. The molecule has 0 heterocycles. The number of para-hydroxylation sites is 1. The predicted molar refractivity (Wildman–Crippen MR) is 123 cm³/mol. The molecule has 0 atom stereocenters. The molecule has 0 aliphatic rings. The Balaban J connectivity index is 2.08. The lowest BCUT2D eigenvalue weighted by Crippen LogP contribution is -2.27. The van der Waals surface area contributed by atoms with Gasteiger partial charge in [0.15, 0.2) is 18.1 Å². The van der Waals surface area contributed by atoms with Crippen LogP contribution in [0.4, 0.5) is 0 Å². The number of hydrogen-bond donors (Lipinski definition) is 1. The van der Waals surface area contributed by atoms with Gasteiger partial charge in [0.25, 0.3) is 5.91 Å². The van der Waals surface area contributed by atoms with E-state index in [0.29, 0.717) is 17.9 Å². The van der Waals surface area contributed by atoms with E-state index in [1.807, 2.05) is 44.2 Å². The zero-order valence-electron chi connectivity index (χ0n) is 19.2. The molecule has 0 spiro atoms. The molecule has 174 valence electrons. The van der Waals surface area contributed by atoms with Crippen LogP contribution in [0.2, 0.25) is 0 Å². The average Bonchev–Trinajstić information content (AvgIpc) is 2.82. The van der Waals surface area contributed by atoms with E-state index >= 15 is 0 Å². The van der Waals surface area contributed by atoms with Crippen LogP contribution in [-0.2, 0) is 14.3 Å². The number of benzene rings is 2. The molecule has 1 N–H and O–H groups in total. The summed E-state index contributed by atoms with van der Waals surface area (Å²) in [6.07, 6.45) is 1.42. The molecule has 2 aromatic rings. The summed E-state index contributed by atoms with van der Waals surface area (Å²) in [4.78, 5) is 24.4. The van der Waals surface area contributed by atoms with Crippen molar-refractivity contribution in [1.82, 2.24) is 5.32 Å². The lowest BCUT2D eigenvalue weighted by molar-refractivity contribution is -0.136. The molecule has 1 amide bonds. The molecular weight excluding hydrogens is 424 g/mol. The molecule has 0 aliphatic heterocycles. The zero-order chi connectivity index (χ0) is 24.2. The first-order valence-electron chi connectivity index (χ1n) is 10.4. The first-order chi connectivity index (χ1) is 15.9. The molecule has 0 bridgehead atoms. The fraction of sp³-hybridized carbons (Fsp3) is 0.320. The molecule has 0 fully saturated rings. The van der Waals surface area contributed by atoms with E-state index in [0.717, 1.165) is 5.56 Å².